The Bertz CT molecular complexity index is 919. The van der Waals surface area contributed by atoms with Gasteiger partial charge in [-0.3, -0.25) is 4.55 Å². The Kier molecular flexibility index (Phi) is 8.51. The topological polar surface area (TPSA) is 116 Å². The summed E-state index contributed by atoms with van der Waals surface area (Å²) in [7, 11) is -6.15. The molecule has 0 aliphatic carbocycles. The second-order valence-corrected chi connectivity index (χ2v) is 12.3. The lowest BCUT2D eigenvalue weighted by molar-refractivity contribution is 0.176. The van der Waals surface area contributed by atoms with E-state index in [2.05, 4.69) is 0 Å². The van der Waals surface area contributed by atoms with E-state index >= 15 is 0 Å². The van der Waals surface area contributed by atoms with Crippen molar-refractivity contribution in [2.75, 3.05) is 14.2 Å². The Hall–Kier alpha value is -1.20. The normalized spacial score (nSPS) is 16.2. The fourth-order valence-corrected chi connectivity index (χ4v) is 5.86. The van der Waals surface area contributed by atoms with Crippen LogP contribution in [0.4, 0.5) is 0 Å². The summed E-state index contributed by atoms with van der Waals surface area (Å²) in [5.41, 5.74) is 1.72. The molecule has 174 valence electrons. The second kappa shape index (κ2) is 9.52. The molecule has 0 aliphatic rings. The quantitative estimate of drug-likeness (QED) is 0.412. The molecule has 0 aromatic heterocycles. The summed E-state index contributed by atoms with van der Waals surface area (Å²) in [6.07, 6.45) is -0.117. The highest BCUT2D eigenvalue weighted by Crippen LogP contribution is 2.36. The smallest absolute Gasteiger partial charge is 0.313 e. The Labute approximate surface area is 180 Å². The minimum atomic E-state index is -4.66. The lowest BCUT2D eigenvalue weighted by atomic mass is 9.85. The summed E-state index contributed by atoms with van der Waals surface area (Å²) in [6.45, 7) is 10.1. The molecule has 2 unspecified atom stereocenters. The van der Waals surface area contributed by atoms with Crippen LogP contribution in [0.15, 0.2) is 12.1 Å². The van der Waals surface area contributed by atoms with Crippen LogP contribution in [0.5, 0.6) is 5.75 Å². The zero-order valence-corrected chi connectivity index (χ0v) is 20.6. The highest BCUT2D eigenvalue weighted by Gasteiger charge is 2.49. The van der Waals surface area contributed by atoms with Crippen LogP contribution in [-0.4, -0.2) is 45.6 Å². The number of hydrogen-bond acceptors (Lipinski definition) is 7. The van der Waals surface area contributed by atoms with E-state index in [-0.39, 0.29) is 30.8 Å². The minimum absolute atomic E-state index is 0.0485. The summed E-state index contributed by atoms with van der Waals surface area (Å²) in [6, 6.07) is 3.61. The molecule has 0 radical (unpaired) electrons. The summed E-state index contributed by atoms with van der Waals surface area (Å²) >= 11 is 0. The van der Waals surface area contributed by atoms with E-state index < -0.39 is 30.2 Å². The van der Waals surface area contributed by atoms with Gasteiger partial charge in [0.05, 0.1) is 13.2 Å². The molecule has 2 atom stereocenters. The maximum absolute atomic E-state index is 13.1. The highest BCUT2D eigenvalue weighted by molar-refractivity contribution is 7.91. The third-order valence-corrected chi connectivity index (χ3v) is 9.25. The van der Waals surface area contributed by atoms with E-state index in [4.69, 9.17) is 13.7 Å². The van der Waals surface area contributed by atoms with Crippen molar-refractivity contribution < 1.29 is 35.0 Å². The molecule has 0 aliphatic heterocycles. The average molecular weight is 467 g/mol. The van der Waals surface area contributed by atoms with Gasteiger partial charge in [-0.2, -0.15) is 16.8 Å². The highest BCUT2D eigenvalue weighted by atomic mass is 32.2. The van der Waals surface area contributed by atoms with Gasteiger partial charge in [-0.25, -0.2) is 0 Å². The lowest BCUT2D eigenvalue weighted by Crippen LogP contribution is -2.49. The van der Waals surface area contributed by atoms with Gasteiger partial charge >= 0.3 is 10.1 Å². The fraction of sp³-hybridized carbons (Fsp3) is 0.700. The predicted octanol–water partition coefficient (Wildman–Crippen LogP) is 3.43. The summed E-state index contributed by atoms with van der Waals surface area (Å²) in [4.78, 5) is 0. The third-order valence-electron chi connectivity index (χ3n) is 5.49. The van der Waals surface area contributed by atoms with Crippen LogP contribution in [0.2, 0.25) is 0 Å². The molecule has 1 aromatic rings. The standard InChI is InChI=1S/C20H34O8S2/c1-9-20(6,30(23,24)25)14(2)29(21,22)28-18-15(12-26-7)10-17(19(3,4)5)11-16(18)13-27-8/h10-11,14H,9,12-13H2,1-8H3,(H,23,24,25). The average Bonchev–Trinajstić information content (AvgIpc) is 2.61. The maximum atomic E-state index is 13.1. The van der Waals surface area contributed by atoms with E-state index in [1.54, 1.807) is 12.1 Å². The second-order valence-electron chi connectivity index (χ2n) is 8.60. The number of methoxy groups -OCH3 is 2. The molecule has 0 saturated carbocycles. The van der Waals surface area contributed by atoms with Gasteiger partial charge in [-0.15, -0.1) is 0 Å². The third kappa shape index (κ3) is 5.73. The minimum Gasteiger partial charge on any atom is -0.381 e. The van der Waals surface area contributed by atoms with E-state index in [1.165, 1.54) is 35.0 Å². The van der Waals surface area contributed by atoms with Crippen molar-refractivity contribution in [2.24, 2.45) is 0 Å². The van der Waals surface area contributed by atoms with Gasteiger partial charge in [0.15, 0.2) is 5.75 Å². The first kappa shape index (κ1) is 26.8. The predicted molar refractivity (Wildman–Crippen MR) is 116 cm³/mol. The molecule has 1 rings (SSSR count). The van der Waals surface area contributed by atoms with E-state index in [1.807, 2.05) is 20.8 Å². The number of benzene rings is 1. The molecule has 10 heteroatoms. The Morgan fingerprint density at radius 3 is 1.70 bits per heavy atom. The maximum Gasteiger partial charge on any atom is 0.313 e. The molecule has 0 heterocycles. The molecule has 0 saturated heterocycles. The first-order valence-corrected chi connectivity index (χ1v) is 12.5. The Morgan fingerprint density at radius 1 is 0.967 bits per heavy atom. The van der Waals surface area contributed by atoms with Crippen molar-refractivity contribution in [2.45, 2.75) is 76.6 Å². The Morgan fingerprint density at radius 2 is 1.40 bits per heavy atom. The van der Waals surface area contributed by atoms with Crippen LogP contribution >= 0.6 is 0 Å². The molecular formula is C20H34O8S2. The molecular weight excluding hydrogens is 432 g/mol. The summed E-state index contributed by atoms with van der Waals surface area (Å²) in [5.74, 6) is 0.0485. The fourth-order valence-electron chi connectivity index (χ4n) is 2.99. The van der Waals surface area contributed by atoms with Crippen molar-refractivity contribution in [3.8, 4) is 5.75 Å². The van der Waals surface area contributed by atoms with Gasteiger partial charge in [0.1, 0.15) is 10.00 Å². The van der Waals surface area contributed by atoms with Crippen LogP contribution in [0.1, 0.15) is 64.7 Å². The van der Waals surface area contributed by atoms with Crippen molar-refractivity contribution in [3.05, 3.63) is 28.8 Å². The molecule has 8 nitrogen and oxygen atoms in total. The SMILES string of the molecule is CCC(C)(C(C)S(=O)(=O)Oc1c(COC)cc(C(C)(C)C)cc1COC)S(=O)(=O)O. The van der Waals surface area contributed by atoms with Crippen molar-refractivity contribution in [3.63, 3.8) is 0 Å². The van der Waals surface area contributed by atoms with Gasteiger partial charge in [-0.05, 0) is 43.4 Å². The summed E-state index contributed by atoms with van der Waals surface area (Å²) in [5, 5.41) is -1.53. The zero-order chi connectivity index (χ0) is 23.5. The first-order chi connectivity index (χ1) is 13.5. The van der Waals surface area contributed by atoms with Crippen molar-refractivity contribution >= 4 is 20.2 Å². The van der Waals surface area contributed by atoms with Gasteiger partial charge in [0, 0.05) is 25.3 Å². The Balaban J connectivity index is 3.63. The van der Waals surface area contributed by atoms with Gasteiger partial charge in [-0.1, -0.05) is 27.7 Å². The largest absolute Gasteiger partial charge is 0.381 e. The molecule has 0 fully saturated rings. The van der Waals surface area contributed by atoms with Gasteiger partial charge in [0.2, 0.25) is 0 Å². The van der Waals surface area contributed by atoms with Crippen LogP contribution in [0.3, 0.4) is 0 Å². The first-order valence-electron chi connectivity index (χ1n) is 9.59. The molecule has 0 bridgehead atoms. The molecule has 1 aromatic carbocycles. The molecule has 0 amide bonds. The van der Waals surface area contributed by atoms with E-state index in [9.17, 15) is 21.4 Å². The zero-order valence-electron chi connectivity index (χ0n) is 19.0. The van der Waals surface area contributed by atoms with Crippen LogP contribution in [0.25, 0.3) is 0 Å². The number of hydrogen-bond donors (Lipinski definition) is 1. The van der Waals surface area contributed by atoms with Gasteiger partial charge in [0.25, 0.3) is 10.1 Å². The molecule has 0 spiro atoms. The lowest BCUT2D eigenvalue weighted by Gasteiger charge is -2.31. The van der Waals surface area contributed by atoms with Crippen LogP contribution in [0, 0.1) is 0 Å². The molecule has 30 heavy (non-hydrogen) atoms. The van der Waals surface area contributed by atoms with E-state index in [0.29, 0.717) is 11.1 Å². The van der Waals surface area contributed by atoms with Crippen molar-refractivity contribution in [1.82, 2.24) is 0 Å². The van der Waals surface area contributed by atoms with E-state index in [0.717, 1.165) is 5.56 Å². The van der Waals surface area contributed by atoms with Crippen molar-refractivity contribution in [1.29, 1.82) is 0 Å². The monoisotopic (exact) mass is 466 g/mol. The summed E-state index contributed by atoms with van der Waals surface area (Å²) < 4.78 is 73.6. The molecule has 1 N–H and O–H groups in total. The number of rotatable bonds is 10. The van der Waals surface area contributed by atoms with Gasteiger partial charge < -0.3 is 13.7 Å². The van der Waals surface area contributed by atoms with Crippen LogP contribution in [-0.2, 0) is 48.3 Å². The number of ether oxygens (including phenoxy) is 2. The van der Waals surface area contributed by atoms with Crippen LogP contribution < -0.4 is 4.18 Å².